The van der Waals surface area contributed by atoms with Crippen LogP contribution in [0.5, 0.6) is 0 Å². The lowest BCUT2D eigenvalue weighted by Gasteiger charge is -2.24. The van der Waals surface area contributed by atoms with Gasteiger partial charge in [-0.15, -0.1) is 0 Å². The van der Waals surface area contributed by atoms with Crippen molar-refractivity contribution in [3.05, 3.63) is 77.4 Å². The average molecular weight is 311 g/mol. The Kier molecular flexibility index (Phi) is 6.53. The van der Waals surface area contributed by atoms with Crippen LogP contribution in [-0.2, 0) is 13.1 Å². The third-order valence-corrected chi connectivity index (χ3v) is 3.83. The van der Waals surface area contributed by atoms with Gasteiger partial charge in [0.2, 0.25) is 0 Å². The number of aliphatic hydroxyl groups is 2. The Morgan fingerprint density at radius 1 is 1.00 bits per heavy atom. The number of benzene rings is 2. The van der Waals surface area contributed by atoms with E-state index in [9.17, 15) is 5.11 Å². The van der Waals surface area contributed by atoms with Gasteiger partial charge in [0.25, 0.3) is 0 Å². The molecular formula is C20H25NO2. The topological polar surface area (TPSA) is 43.7 Å². The van der Waals surface area contributed by atoms with Crippen molar-refractivity contribution in [3.63, 3.8) is 0 Å². The number of hydrogen-bond acceptors (Lipinski definition) is 3. The standard InChI is InChI=1S/C20H25NO2/c1-3-17-8-10-19(11-9-17)13-21(14-20(23)15-22)12-18-6-4-16(2)5-7-18/h3-11,20,22-23H,1,12-15H2,2H3. The molecule has 2 rings (SSSR count). The predicted octanol–water partition coefficient (Wildman–Crippen LogP) is 2.99. The third kappa shape index (κ3) is 5.64. The van der Waals surface area contributed by atoms with Gasteiger partial charge in [-0.1, -0.05) is 66.7 Å². The lowest BCUT2D eigenvalue weighted by molar-refractivity contribution is 0.0542. The zero-order valence-electron chi connectivity index (χ0n) is 13.7. The maximum Gasteiger partial charge on any atom is 0.0897 e. The zero-order valence-corrected chi connectivity index (χ0v) is 13.7. The molecule has 1 unspecified atom stereocenters. The Balaban J connectivity index is 2.08. The highest BCUT2D eigenvalue weighted by Crippen LogP contribution is 2.13. The van der Waals surface area contributed by atoms with Gasteiger partial charge < -0.3 is 10.2 Å². The van der Waals surface area contributed by atoms with E-state index in [2.05, 4.69) is 54.8 Å². The second kappa shape index (κ2) is 8.63. The average Bonchev–Trinajstić information content (AvgIpc) is 2.57. The maximum atomic E-state index is 9.81. The van der Waals surface area contributed by atoms with Crippen LogP contribution in [-0.4, -0.2) is 34.4 Å². The minimum Gasteiger partial charge on any atom is -0.394 e. The Labute approximate surface area is 138 Å². The molecular weight excluding hydrogens is 286 g/mol. The molecule has 0 saturated carbocycles. The van der Waals surface area contributed by atoms with E-state index in [4.69, 9.17) is 5.11 Å². The minimum absolute atomic E-state index is 0.222. The summed E-state index contributed by atoms with van der Waals surface area (Å²) >= 11 is 0. The van der Waals surface area contributed by atoms with Crippen LogP contribution in [0.25, 0.3) is 6.08 Å². The quantitative estimate of drug-likeness (QED) is 0.787. The molecule has 3 nitrogen and oxygen atoms in total. The summed E-state index contributed by atoms with van der Waals surface area (Å²) in [4.78, 5) is 2.15. The van der Waals surface area contributed by atoms with E-state index in [-0.39, 0.29) is 6.61 Å². The molecule has 0 bridgehead atoms. The second-order valence-electron chi connectivity index (χ2n) is 5.94. The van der Waals surface area contributed by atoms with E-state index in [1.807, 2.05) is 18.2 Å². The minimum atomic E-state index is -0.729. The summed E-state index contributed by atoms with van der Waals surface area (Å²) in [6.45, 7) is 7.51. The van der Waals surface area contributed by atoms with Crippen LogP contribution < -0.4 is 0 Å². The summed E-state index contributed by atoms with van der Waals surface area (Å²) in [6.07, 6.45) is 1.09. The van der Waals surface area contributed by atoms with Gasteiger partial charge in [-0.2, -0.15) is 0 Å². The fourth-order valence-corrected chi connectivity index (χ4v) is 2.51. The smallest absolute Gasteiger partial charge is 0.0897 e. The van der Waals surface area contributed by atoms with Crippen LogP contribution >= 0.6 is 0 Å². The monoisotopic (exact) mass is 311 g/mol. The molecule has 0 spiro atoms. The van der Waals surface area contributed by atoms with E-state index in [1.165, 1.54) is 16.7 Å². The molecule has 0 aliphatic carbocycles. The zero-order chi connectivity index (χ0) is 16.7. The Morgan fingerprint density at radius 3 is 2.00 bits per heavy atom. The lowest BCUT2D eigenvalue weighted by Crippen LogP contribution is -2.33. The van der Waals surface area contributed by atoms with Gasteiger partial charge in [0.15, 0.2) is 0 Å². The molecule has 122 valence electrons. The summed E-state index contributed by atoms with van der Waals surface area (Å²) < 4.78 is 0. The summed E-state index contributed by atoms with van der Waals surface area (Å²) in [5.41, 5.74) is 4.70. The van der Waals surface area contributed by atoms with Crippen molar-refractivity contribution in [1.29, 1.82) is 0 Å². The first-order chi connectivity index (χ1) is 11.1. The molecule has 0 aromatic heterocycles. The van der Waals surface area contributed by atoms with E-state index < -0.39 is 6.10 Å². The number of nitrogens with zero attached hydrogens (tertiary/aromatic N) is 1. The number of hydrogen-bond donors (Lipinski definition) is 2. The van der Waals surface area contributed by atoms with Crippen molar-refractivity contribution in [1.82, 2.24) is 4.90 Å². The molecule has 0 saturated heterocycles. The third-order valence-electron chi connectivity index (χ3n) is 3.83. The molecule has 0 heterocycles. The molecule has 0 radical (unpaired) electrons. The van der Waals surface area contributed by atoms with Crippen molar-refractivity contribution in [2.75, 3.05) is 13.2 Å². The first-order valence-corrected chi connectivity index (χ1v) is 7.89. The predicted molar refractivity (Wildman–Crippen MR) is 94.9 cm³/mol. The van der Waals surface area contributed by atoms with Gasteiger partial charge >= 0.3 is 0 Å². The van der Waals surface area contributed by atoms with Crippen LogP contribution in [0.2, 0.25) is 0 Å². The fourth-order valence-electron chi connectivity index (χ4n) is 2.51. The van der Waals surface area contributed by atoms with E-state index in [1.54, 1.807) is 0 Å². The normalized spacial score (nSPS) is 12.3. The lowest BCUT2D eigenvalue weighted by atomic mass is 10.1. The molecule has 2 N–H and O–H groups in total. The highest BCUT2D eigenvalue weighted by Gasteiger charge is 2.12. The largest absolute Gasteiger partial charge is 0.394 e. The van der Waals surface area contributed by atoms with Gasteiger partial charge in [-0.25, -0.2) is 0 Å². The van der Waals surface area contributed by atoms with Crippen molar-refractivity contribution in [2.45, 2.75) is 26.1 Å². The van der Waals surface area contributed by atoms with E-state index >= 15 is 0 Å². The van der Waals surface area contributed by atoms with Gasteiger partial charge in [0.1, 0.15) is 0 Å². The molecule has 0 fully saturated rings. The van der Waals surface area contributed by atoms with Crippen LogP contribution in [0.1, 0.15) is 22.3 Å². The summed E-state index contributed by atoms with van der Waals surface area (Å²) in [6, 6.07) is 16.6. The van der Waals surface area contributed by atoms with Crippen LogP contribution in [0, 0.1) is 6.92 Å². The van der Waals surface area contributed by atoms with Crippen LogP contribution in [0.4, 0.5) is 0 Å². The Bertz CT molecular complexity index is 605. The van der Waals surface area contributed by atoms with Crippen molar-refractivity contribution >= 4 is 6.08 Å². The highest BCUT2D eigenvalue weighted by atomic mass is 16.3. The van der Waals surface area contributed by atoms with E-state index in [0.29, 0.717) is 6.54 Å². The number of aliphatic hydroxyl groups excluding tert-OH is 2. The summed E-state index contributed by atoms with van der Waals surface area (Å²) in [5.74, 6) is 0. The SMILES string of the molecule is C=Cc1ccc(CN(Cc2ccc(C)cc2)CC(O)CO)cc1. The number of aryl methyl sites for hydroxylation is 1. The maximum absolute atomic E-state index is 9.81. The summed E-state index contributed by atoms with van der Waals surface area (Å²) in [7, 11) is 0. The van der Waals surface area contributed by atoms with Gasteiger partial charge in [-0.3, -0.25) is 4.90 Å². The first-order valence-electron chi connectivity index (χ1n) is 7.89. The Morgan fingerprint density at radius 2 is 1.52 bits per heavy atom. The molecule has 2 aromatic rings. The molecule has 0 amide bonds. The van der Waals surface area contributed by atoms with Gasteiger partial charge in [0, 0.05) is 19.6 Å². The van der Waals surface area contributed by atoms with Gasteiger partial charge in [0.05, 0.1) is 12.7 Å². The molecule has 0 aliphatic rings. The first kappa shape index (κ1) is 17.4. The molecule has 0 aliphatic heterocycles. The molecule has 1 atom stereocenters. The molecule has 3 heteroatoms. The van der Waals surface area contributed by atoms with Crippen molar-refractivity contribution in [3.8, 4) is 0 Å². The van der Waals surface area contributed by atoms with Crippen LogP contribution in [0.15, 0.2) is 55.1 Å². The van der Waals surface area contributed by atoms with Crippen molar-refractivity contribution < 1.29 is 10.2 Å². The molecule has 2 aromatic carbocycles. The van der Waals surface area contributed by atoms with Gasteiger partial charge in [-0.05, 0) is 23.6 Å². The Hall–Kier alpha value is -1.94. The van der Waals surface area contributed by atoms with Crippen LogP contribution in [0.3, 0.4) is 0 Å². The second-order valence-corrected chi connectivity index (χ2v) is 5.94. The highest BCUT2D eigenvalue weighted by molar-refractivity contribution is 5.47. The molecule has 23 heavy (non-hydrogen) atoms. The fraction of sp³-hybridized carbons (Fsp3) is 0.300. The number of rotatable bonds is 8. The van der Waals surface area contributed by atoms with E-state index in [0.717, 1.165) is 18.7 Å². The summed E-state index contributed by atoms with van der Waals surface area (Å²) in [5, 5.41) is 18.9. The van der Waals surface area contributed by atoms with Crippen molar-refractivity contribution in [2.24, 2.45) is 0 Å².